The Kier molecular flexibility index (Phi) is 4.66. The molecule has 0 atom stereocenters. The van der Waals surface area contributed by atoms with Gasteiger partial charge in [0.15, 0.2) is 11.5 Å². The molecular weight excluding hydrogens is 255 g/mol. The molecule has 20 heavy (non-hydrogen) atoms. The quantitative estimate of drug-likeness (QED) is 0.804. The Morgan fingerprint density at radius 2 is 1.80 bits per heavy atom. The van der Waals surface area contributed by atoms with Crippen molar-refractivity contribution in [3.8, 4) is 11.5 Å². The highest BCUT2D eigenvalue weighted by Crippen LogP contribution is 2.27. The minimum absolute atomic E-state index is 0.301. The number of hydrogen-bond acceptors (Lipinski definition) is 4. The SMILES string of the molecule is COc1c(OCc2ccccc2)cc(C)cc1B(O)O. The summed E-state index contributed by atoms with van der Waals surface area (Å²) in [6, 6.07) is 13.2. The number of rotatable bonds is 5. The first-order valence-electron chi connectivity index (χ1n) is 6.33. The van der Waals surface area contributed by atoms with Crippen LogP contribution in [0.15, 0.2) is 42.5 Å². The predicted octanol–water partition coefficient (Wildman–Crippen LogP) is 1.26. The Bertz CT molecular complexity index is 570. The van der Waals surface area contributed by atoms with E-state index in [9.17, 15) is 10.0 Å². The third-order valence-electron chi connectivity index (χ3n) is 2.95. The van der Waals surface area contributed by atoms with E-state index >= 15 is 0 Å². The molecule has 0 heterocycles. The Hall–Kier alpha value is -1.98. The second-order valence-corrected chi connectivity index (χ2v) is 4.53. The van der Waals surface area contributed by atoms with Gasteiger partial charge in [-0.2, -0.15) is 0 Å². The van der Waals surface area contributed by atoms with Crippen LogP contribution in [0.25, 0.3) is 0 Å². The molecule has 0 aromatic heterocycles. The topological polar surface area (TPSA) is 58.9 Å². The molecule has 0 radical (unpaired) electrons. The standard InChI is InChI=1S/C15H17BO4/c1-11-8-13(16(17)18)15(19-2)14(9-11)20-10-12-6-4-3-5-7-12/h3-9,17-18H,10H2,1-2H3. The third kappa shape index (κ3) is 3.32. The average molecular weight is 272 g/mol. The van der Waals surface area contributed by atoms with Crippen LogP contribution in [-0.2, 0) is 6.61 Å². The van der Waals surface area contributed by atoms with Crippen LogP contribution in [-0.4, -0.2) is 24.3 Å². The maximum absolute atomic E-state index is 9.39. The largest absolute Gasteiger partial charge is 0.493 e. The summed E-state index contributed by atoms with van der Waals surface area (Å²) in [6.45, 7) is 2.25. The first-order valence-corrected chi connectivity index (χ1v) is 6.33. The highest BCUT2D eigenvalue weighted by molar-refractivity contribution is 6.59. The van der Waals surface area contributed by atoms with Crippen molar-refractivity contribution in [3.05, 3.63) is 53.6 Å². The number of aryl methyl sites for hydroxylation is 1. The lowest BCUT2D eigenvalue weighted by Crippen LogP contribution is -2.31. The van der Waals surface area contributed by atoms with Crippen LogP contribution < -0.4 is 14.9 Å². The minimum atomic E-state index is -1.59. The molecule has 0 fully saturated rings. The van der Waals surface area contributed by atoms with Gasteiger partial charge in [-0.15, -0.1) is 0 Å². The van der Waals surface area contributed by atoms with Crippen LogP contribution in [0, 0.1) is 6.92 Å². The Morgan fingerprint density at radius 3 is 2.40 bits per heavy atom. The van der Waals surface area contributed by atoms with Gasteiger partial charge in [0.25, 0.3) is 0 Å². The summed E-state index contributed by atoms with van der Waals surface area (Å²) in [7, 11) is -0.115. The van der Waals surface area contributed by atoms with Crippen LogP contribution >= 0.6 is 0 Å². The van der Waals surface area contributed by atoms with Crippen molar-refractivity contribution >= 4 is 12.6 Å². The fourth-order valence-electron chi connectivity index (χ4n) is 2.02. The maximum Gasteiger partial charge on any atom is 0.492 e. The van der Waals surface area contributed by atoms with E-state index in [1.165, 1.54) is 7.11 Å². The number of methoxy groups -OCH3 is 1. The zero-order chi connectivity index (χ0) is 14.5. The van der Waals surface area contributed by atoms with E-state index in [-0.39, 0.29) is 0 Å². The molecule has 0 saturated carbocycles. The fourth-order valence-corrected chi connectivity index (χ4v) is 2.02. The lowest BCUT2D eigenvalue weighted by molar-refractivity contribution is 0.284. The van der Waals surface area contributed by atoms with Crippen molar-refractivity contribution in [3.63, 3.8) is 0 Å². The lowest BCUT2D eigenvalue weighted by Gasteiger charge is -2.15. The molecule has 4 nitrogen and oxygen atoms in total. The Morgan fingerprint density at radius 1 is 1.10 bits per heavy atom. The zero-order valence-electron chi connectivity index (χ0n) is 11.5. The fraction of sp³-hybridized carbons (Fsp3) is 0.200. The second kappa shape index (κ2) is 6.46. The van der Waals surface area contributed by atoms with Gasteiger partial charge in [0, 0.05) is 5.46 Å². The molecule has 0 aliphatic carbocycles. The van der Waals surface area contributed by atoms with Gasteiger partial charge < -0.3 is 19.5 Å². The van der Waals surface area contributed by atoms with Crippen molar-refractivity contribution in [2.75, 3.05) is 7.11 Å². The van der Waals surface area contributed by atoms with E-state index in [0.29, 0.717) is 23.6 Å². The van der Waals surface area contributed by atoms with E-state index < -0.39 is 7.12 Å². The molecule has 0 aliphatic heterocycles. The predicted molar refractivity (Wildman–Crippen MR) is 78.3 cm³/mol. The van der Waals surface area contributed by atoms with E-state index in [1.807, 2.05) is 43.3 Å². The highest BCUT2D eigenvalue weighted by Gasteiger charge is 2.21. The van der Waals surface area contributed by atoms with Crippen molar-refractivity contribution in [2.24, 2.45) is 0 Å². The molecule has 0 spiro atoms. The molecule has 5 heteroatoms. The lowest BCUT2D eigenvalue weighted by atomic mass is 9.78. The normalized spacial score (nSPS) is 10.2. The summed E-state index contributed by atoms with van der Waals surface area (Å²) in [6.07, 6.45) is 0. The maximum atomic E-state index is 9.39. The van der Waals surface area contributed by atoms with Gasteiger partial charge in [-0.3, -0.25) is 0 Å². The second-order valence-electron chi connectivity index (χ2n) is 4.53. The number of benzene rings is 2. The van der Waals surface area contributed by atoms with Crippen LogP contribution in [0.3, 0.4) is 0 Å². The van der Waals surface area contributed by atoms with Gasteiger partial charge in [-0.25, -0.2) is 0 Å². The monoisotopic (exact) mass is 272 g/mol. The molecule has 2 aromatic carbocycles. The Balaban J connectivity index is 2.26. The highest BCUT2D eigenvalue weighted by atomic mass is 16.5. The van der Waals surface area contributed by atoms with Gasteiger partial charge in [-0.05, 0) is 24.1 Å². The molecule has 0 aliphatic rings. The summed E-state index contributed by atoms with van der Waals surface area (Å²) >= 11 is 0. The summed E-state index contributed by atoms with van der Waals surface area (Å²) in [5.74, 6) is 0.848. The Labute approximate surface area is 118 Å². The van der Waals surface area contributed by atoms with E-state index in [0.717, 1.165) is 11.1 Å². The molecule has 0 saturated heterocycles. The summed E-state index contributed by atoms with van der Waals surface area (Å²) < 4.78 is 11.0. The van der Waals surface area contributed by atoms with Crippen LogP contribution in [0.4, 0.5) is 0 Å². The minimum Gasteiger partial charge on any atom is -0.493 e. The van der Waals surface area contributed by atoms with Crippen molar-refractivity contribution in [1.82, 2.24) is 0 Å². The number of ether oxygens (including phenoxy) is 2. The van der Waals surface area contributed by atoms with E-state index in [1.54, 1.807) is 6.07 Å². The van der Waals surface area contributed by atoms with E-state index in [2.05, 4.69) is 0 Å². The molecule has 104 valence electrons. The van der Waals surface area contributed by atoms with Crippen molar-refractivity contribution < 1.29 is 19.5 Å². The molecule has 0 bridgehead atoms. The van der Waals surface area contributed by atoms with Gasteiger partial charge >= 0.3 is 7.12 Å². The van der Waals surface area contributed by atoms with Gasteiger partial charge in [0.05, 0.1) is 7.11 Å². The van der Waals surface area contributed by atoms with Crippen molar-refractivity contribution in [2.45, 2.75) is 13.5 Å². The summed E-state index contributed by atoms with van der Waals surface area (Å²) in [5, 5.41) is 18.8. The summed E-state index contributed by atoms with van der Waals surface area (Å²) in [5.41, 5.74) is 2.20. The molecule has 2 N–H and O–H groups in total. The van der Waals surface area contributed by atoms with Crippen LogP contribution in [0.5, 0.6) is 11.5 Å². The first-order chi connectivity index (χ1) is 9.61. The van der Waals surface area contributed by atoms with Gasteiger partial charge in [0.1, 0.15) is 6.61 Å². The molecule has 0 unspecified atom stereocenters. The first kappa shape index (κ1) is 14.4. The smallest absolute Gasteiger partial charge is 0.492 e. The average Bonchev–Trinajstić information content (AvgIpc) is 2.45. The zero-order valence-corrected chi connectivity index (χ0v) is 11.5. The van der Waals surface area contributed by atoms with Crippen LogP contribution in [0.1, 0.15) is 11.1 Å². The molecule has 2 aromatic rings. The third-order valence-corrected chi connectivity index (χ3v) is 2.95. The van der Waals surface area contributed by atoms with Gasteiger partial charge in [0.2, 0.25) is 0 Å². The molecular formula is C15H17BO4. The number of hydrogen-bond donors (Lipinski definition) is 2. The summed E-state index contributed by atoms with van der Waals surface area (Å²) in [4.78, 5) is 0. The van der Waals surface area contributed by atoms with E-state index in [4.69, 9.17) is 9.47 Å². The van der Waals surface area contributed by atoms with Gasteiger partial charge in [-0.1, -0.05) is 36.4 Å². The van der Waals surface area contributed by atoms with Crippen molar-refractivity contribution in [1.29, 1.82) is 0 Å². The molecule has 0 amide bonds. The molecule has 2 rings (SSSR count). The van der Waals surface area contributed by atoms with Crippen LogP contribution in [0.2, 0.25) is 0 Å².